The molecule has 0 aliphatic carbocycles. The molecule has 0 spiro atoms. The van der Waals surface area contributed by atoms with Crippen LogP contribution in [0.4, 0.5) is 19.6 Å². The number of rotatable bonds is 3. The van der Waals surface area contributed by atoms with E-state index in [1.807, 2.05) is 30.5 Å². The van der Waals surface area contributed by atoms with Crippen molar-refractivity contribution in [3.8, 4) is 11.3 Å². The molecule has 0 bridgehead atoms. The largest absolute Gasteiger partial charge is 0.329 e. The Balaban J connectivity index is 1.85. The third-order valence-corrected chi connectivity index (χ3v) is 4.31. The molecule has 2 aromatic carbocycles. The minimum atomic E-state index is -0.654. The van der Waals surface area contributed by atoms with E-state index in [0.717, 1.165) is 22.9 Å². The fourth-order valence-corrected chi connectivity index (χ4v) is 2.82. The summed E-state index contributed by atoms with van der Waals surface area (Å²) in [5, 5.41) is 5.96. The molecule has 1 aromatic heterocycles. The van der Waals surface area contributed by atoms with Gasteiger partial charge in [0.05, 0.1) is 11.4 Å². The molecule has 3 rings (SSSR count). The number of hydrogen-bond acceptors (Lipinski definition) is 3. The predicted molar refractivity (Wildman–Crippen MR) is 86.9 cm³/mol. The van der Waals surface area contributed by atoms with Crippen molar-refractivity contribution in [1.29, 1.82) is 0 Å². The topological polar surface area (TPSA) is 24.9 Å². The third kappa shape index (κ3) is 3.10. The van der Waals surface area contributed by atoms with E-state index >= 15 is 0 Å². The number of aryl methyl sites for hydroxylation is 1. The van der Waals surface area contributed by atoms with Crippen LogP contribution in [0.5, 0.6) is 0 Å². The van der Waals surface area contributed by atoms with Gasteiger partial charge in [-0.3, -0.25) is 0 Å². The van der Waals surface area contributed by atoms with Gasteiger partial charge in [0.2, 0.25) is 0 Å². The molecule has 0 unspecified atom stereocenters. The van der Waals surface area contributed by atoms with Crippen LogP contribution in [0.2, 0.25) is 5.02 Å². The fourth-order valence-electron chi connectivity index (χ4n) is 1.97. The molecule has 0 saturated carbocycles. The maximum Gasteiger partial charge on any atom is 0.187 e. The molecule has 22 heavy (non-hydrogen) atoms. The first-order valence-electron chi connectivity index (χ1n) is 6.47. The highest BCUT2D eigenvalue weighted by molar-refractivity contribution is 7.14. The summed E-state index contributed by atoms with van der Waals surface area (Å²) in [6.07, 6.45) is 0. The summed E-state index contributed by atoms with van der Waals surface area (Å²) in [5.74, 6) is -1.27. The van der Waals surface area contributed by atoms with Crippen molar-refractivity contribution >= 4 is 33.8 Å². The van der Waals surface area contributed by atoms with Crippen LogP contribution in [0.3, 0.4) is 0 Å². The standard InChI is InChI=1S/C16H11ClF2N2S/c1-9-6-10(2-4-12(9)17)15-8-22-16(21-15)20-14-5-3-11(18)7-13(14)19/h2-8H,1H3,(H,20,21). The zero-order valence-corrected chi connectivity index (χ0v) is 13.1. The van der Waals surface area contributed by atoms with Crippen LogP contribution >= 0.6 is 22.9 Å². The molecule has 1 N–H and O–H groups in total. The highest BCUT2D eigenvalue weighted by Gasteiger charge is 2.09. The Hall–Kier alpha value is -1.98. The van der Waals surface area contributed by atoms with Crippen LogP contribution < -0.4 is 5.32 Å². The Kier molecular flexibility index (Phi) is 4.09. The van der Waals surface area contributed by atoms with Crippen LogP contribution in [0.25, 0.3) is 11.3 Å². The second-order valence-corrected chi connectivity index (χ2v) is 6.02. The van der Waals surface area contributed by atoms with Crippen molar-refractivity contribution in [2.45, 2.75) is 6.92 Å². The monoisotopic (exact) mass is 336 g/mol. The van der Waals surface area contributed by atoms with E-state index in [4.69, 9.17) is 11.6 Å². The molecule has 0 saturated heterocycles. The van der Waals surface area contributed by atoms with Gasteiger partial charge >= 0.3 is 0 Å². The number of thiazole rings is 1. The molecular formula is C16H11ClF2N2S. The van der Waals surface area contributed by atoms with E-state index in [9.17, 15) is 8.78 Å². The molecule has 0 aliphatic rings. The number of nitrogens with zero attached hydrogens (tertiary/aromatic N) is 1. The minimum absolute atomic E-state index is 0.189. The van der Waals surface area contributed by atoms with Gasteiger partial charge in [0, 0.05) is 22.0 Å². The van der Waals surface area contributed by atoms with Gasteiger partial charge in [-0.25, -0.2) is 13.8 Å². The highest BCUT2D eigenvalue weighted by Crippen LogP contribution is 2.30. The molecule has 0 amide bonds. The smallest absolute Gasteiger partial charge is 0.187 e. The second-order valence-electron chi connectivity index (χ2n) is 4.75. The van der Waals surface area contributed by atoms with E-state index in [0.29, 0.717) is 10.2 Å². The third-order valence-electron chi connectivity index (χ3n) is 3.13. The van der Waals surface area contributed by atoms with Crippen molar-refractivity contribution < 1.29 is 8.78 Å². The van der Waals surface area contributed by atoms with Crippen molar-refractivity contribution in [3.63, 3.8) is 0 Å². The Morgan fingerprint density at radius 1 is 1.14 bits per heavy atom. The molecule has 2 nitrogen and oxygen atoms in total. The van der Waals surface area contributed by atoms with E-state index in [1.54, 1.807) is 0 Å². The molecule has 0 aliphatic heterocycles. The fraction of sp³-hybridized carbons (Fsp3) is 0.0625. The first-order valence-corrected chi connectivity index (χ1v) is 7.73. The number of halogens is 3. The predicted octanol–water partition coefficient (Wildman–Crippen LogP) is 5.79. The van der Waals surface area contributed by atoms with Gasteiger partial charge in [0.15, 0.2) is 5.13 Å². The molecule has 1 heterocycles. The highest BCUT2D eigenvalue weighted by atomic mass is 35.5. The lowest BCUT2D eigenvalue weighted by molar-refractivity contribution is 0.586. The van der Waals surface area contributed by atoms with Crippen LogP contribution in [0.15, 0.2) is 41.8 Å². The lowest BCUT2D eigenvalue weighted by Crippen LogP contribution is -1.94. The summed E-state index contributed by atoms with van der Waals surface area (Å²) in [6.45, 7) is 1.92. The number of nitrogens with one attached hydrogen (secondary N) is 1. The van der Waals surface area contributed by atoms with Crippen molar-refractivity contribution in [3.05, 3.63) is 64.0 Å². The molecule has 0 fully saturated rings. The van der Waals surface area contributed by atoms with Gasteiger partial charge in [0.25, 0.3) is 0 Å². The van der Waals surface area contributed by atoms with Gasteiger partial charge in [-0.15, -0.1) is 11.3 Å². The Labute approximate surface area is 135 Å². The van der Waals surface area contributed by atoms with Gasteiger partial charge in [-0.05, 0) is 36.8 Å². The summed E-state index contributed by atoms with van der Waals surface area (Å²) in [5.41, 5.74) is 2.86. The lowest BCUT2D eigenvalue weighted by Gasteiger charge is -2.04. The number of anilines is 2. The molecule has 3 aromatic rings. The zero-order chi connectivity index (χ0) is 15.7. The van der Waals surface area contributed by atoms with Crippen LogP contribution in [-0.2, 0) is 0 Å². The Bertz CT molecular complexity index is 833. The molecule has 0 atom stereocenters. The summed E-state index contributed by atoms with van der Waals surface area (Å²) >= 11 is 7.35. The summed E-state index contributed by atoms with van der Waals surface area (Å²) in [7, 11) is 0. The molecule has 112 valence electrons. The van der Waals surface area contributed by atoms with Gasteiger partial charge < -0.3 is 5.32 Å². The number of benzene rings is 2. The van der Waals surface area contributed by atoms with Gasteiger partial charge in [-0.2, -0.15) is 0 Å². The maximum absolute atomic E-state index is 13.6. The van der Waals surface area contributed by atoms with Crippen LogP contribution in [0, 0.1) is 18.6 Å². The second kappa shape index (κ2) is 6.02. The summed E-state index contributed by atoms with van der Waals surface area (Å²) in [6, 6.07) is 9.02. The van der Waals surface area contributed by atoms with E-state index in [-0.39, 0.29) is 5.69 Å². The average Bonchev–Trinajstić information content (AvgIpc) is 2.93. The molecule has 6 heteroatoms. The van der Waals surface area contributed by atoms with Crippen molar-refractivity contribution in [2.24, 2.45) is 0 Å². The summed E-state index contributed by atoms with van der Waals surface area (Å²) in [4.78, 5) is 4.41. The Morgan fingerprint density at radius 3 is 2.68 bits per heavy atom. The normalized spacial score (nSPS) is 10.7. The first kappa shape index (κ1) is 14.9. The Morgan fingerprint density at radius 2 is 1.95 bits per heavy atom. The molecule has 0 radical (unpaired) electrons. The van der Waals surface area contributed by atoms with E-state index in [1.165, 1.54) is 23.5 Å². The quantitative estimate of drug-likeness (QED) is 0.654. The minimum Gasteiger partial charge on any atom is -0.329 e. The summed E-state index contributed by atoms with van der Waals surface area (Å²) < 4.78 is 26.5. The molecular weight excluding hydrogens is 326 g/mol. The number of hydrogen-bond donors (Lipinski definition) is 1. The van der Waals surface area contributed by atoms with Gasteiger partial charge in [0.1, 0.15) is 11.6 Å². The van der Waals surface area contributed by atoms with Crippen LogP contribution in [0.1, 0.15) is 5.56 Å². The first-order chi connectivity index (χ1) is 10.5. The number of aromatic nitrogens is 1. The van der Waals surface area contributed by atoms with Crippen molar-refractivity contribution in [2.75, 3.05) is 5.32 Å². The van der Waals surface area contributed by atoms with Crippen molar-refractivity contribution in [1.82, 2.24) is 4.98 Å². The maximum atomic E-state index is 13.6. The van der Waals surface area contributed by atoms with Gasteiger partial charge in [-0.1, -0.05) is 17.7 Å². The van der Waals surface area contributed by atoms with E-state index < -0.39 is 11.6 Å². The zero-order valence-electron chi connectivity index (χ0n) is 11.5. The lowest BCUT2D eigenvalue weighted by atomic mass is 10.1. The van der Waals surface area contributed by atoms with E-state index in [2.05, 4.69) is 10.3 Å². The SMILES string of the molecule is Cc1cc(-c2csc(Nc3ccc(F)cc3F)n2)ccc1Cl. The average molecular weight is 337 g/mol. The van der Waals surface area contributed by atoms with Crippen LogP contribution in [-0.4, -0.2) is 4.98 Å².